The minimum atomic E-state index is 0.314. The Balaban J connectivity index is 1.62. The van der Waals surface area contributed by atoms with Crippen LogP contribution in [0.3, 0.4) is 0 Å². The van der Waals surface area contributed by atoms with E-state index in [2.05, 4.69) is 31.2 Å². The summed E-state index contributed by atoms with van der Waals surface area (Å²) in [5.74, 6) is 2.16. The van der Waals surface area contributed by atoms with Gasteiger partial charge in [0.1, 0.15) is 4.60 Å². The zero-order chi connectivity index (χ0) is 16.5. The van der Waals surface area contributed by atoms with Crippen molar-refractivity contribution in [3.05, 3.63) is 41.4 Å². The topological polar surface area (TPSA) is 60.7 Å². The summed E-state index contributed by atoms with van der Waals surface area (Å²) in [5.41, 5.74) is 1.62. The van der Waals surface area contributed by atoms with E-state index >= 15 is 0 Å². The molecule has 1 saturated carbocycles. The van der Waals surface area contributed by atoms with Crippen LogP contribution in [0.1, 0.15) is 19.3 Å². The van der Waals surface area contributed by atoms with Gasteiger partial charge >= 0.3 is 0 Å². The summed E-state index contributed by atoms with van der Waals surface area (Å²) in [6.45, 7) is 0. The fourth-order valence-electron chi connectivity index (χ4n) is 2.63. The summed E-state index contributed by atoms with van der Waals surface area (Å²) in [4.78, 5) is 8.80. The van der Waals surface area contributed by atoms with Gasteiger partial charge in [0.2, 0.25) is 0 Å². The van der Waals surface area contributed by atoms with Crippen LogP contribution in [-0.2, 0) is 0 Å². The number of aromatic nitrogens is 3. The second-order valence-corrected chi connectivity index (χ2v) is 6.54. The molecule has 124 valence electrons. The summed E-state index contributed by atoms with van der Waals surface area (Å²) >= 11 is 3.42. The van der Waals surface area contributed by atoms with Crippen LogP contribution in [0, 0.1) is 0 Å². The molecule has 0 spiro atoms. The van der Waals surface area contributed by atoms with Gasteiger partial charge in [-0.1, -0.05) is 0 Å². The number of methoxy groups -OCH3 is 1. The van der Waals surface area contributed by atoms with E-state index in [9.17, 15) is 0 Å². The molecule has 3 aromatic rings. The largest absolute Gasteiger partial charge is 0.493 e. The van der Waals surface area contributed by atoms with Gasteiger partial charge < -0.3 is 19.2 Å². The number of nitrogens with zero attached hydrogens (tertiary/aromatic N) is 3. The Bertz CT molecular complexity index is 876. The summed E-state index contributed by atoms with van der Waals surface area (Å²) in [7, 11) is 1.65. The van der Waals surface area contributed by atoms with Gasteiger partial charge in [-0.3, -0.25) is 0 Å². The van der Waals surface area contributed by atoms with Crippen LogP contribution >= 0.6 is 15.9 Å². The molecule has 0 amide bonds. The van der Waals surface area contributed by atoms with E-state index in [-0.39, 0.29) is 0 Å². The third kappa shape index (κ3) is 2.91. The monoisotopic (exact) mass is 388 g/mol. The van der Waals surface area contributed by atoms with Crippen molar-refractivity contribution in [3.8, 4) is 11.5 Å². The van der Waals surface area contributed by atoms with Crippen LogP contribution in [0.2, 0.25) is 0 Å². The Kier molecular flexibility index (Phi) is 4.02. The molecular weight excluding hydrogens is 372 g/mol. The SMILES string of the molecule is COc1cc(Nc2nc(Br)cn3ccnc23)ccc1OC1CCC1. The van der Waals surface area contributed by atoms with Gasteiger partial charge in [0.15, 0.2) is 23.0 Å². The molecule has 0 saturated heterocycles. The summed E-state index contributed by atoms with van der Waals surface area (Å²) in [5, 5.41) is 3.30. The molecule has 24 heavy (non-hydrogen) atoms. The Hall–Kier alpha value is -2.28. The molecule has 4 rings (SSSR count). The standard InChI is InChI=1S/C17H17BrN4O2/c1-23-14-9-11(5-6-13(14)24-12-3-2-4-12)20-16-17-19-7-8-22(17)10-15(18)21-16/h5-10,12H,2-4H2,1H3,(H,20,21). The van der Waals surface area contributed by atoms with Crippen molar-refractivity contribution in [2.75, 3.05) is 12.4 Å². The third-order valence-corrected chi connectivity index (χ3v) is 4.50. The Morgan fingerprint density at radius 2 is 2.17 bits per heavy atom. The van der Waals surface area contributed by atoms with Crippen LogP contribution < -0.4 is 14.8 Å². The fourth-order valence-corrected chi connectivity index (χ4v) is 3.03. The average molecular weight is 389 g/mol. The Morgan fingerprint density at radius 3 is 2.92 bits per heavy atom. The van der Waals surface area contributed by atoms with E-state index < -0.39 is 0 Å². The summed E-state index contributed by atoms with van der Waals surface area (Å²) in [6.07, 6.45) is 9.26. The number of fused-ring (bicyclic) bond motifs is 1. The summed E-state index contributed by atoms with van der Waals surface area (Å²) < 4.78 is 14.1. The first-order valence-electron chi connectivity index (χ1n) is 7.84. The molecule has 0 aliphatic heterocycles. The van der Waals surface area contributed by atoms with Crippen LogP contribution in [0.15, 0.2) is 41.4 Å². The average Bonchev–Trinajstić information content (AvgIpc) is 3.00. The fraction of sp³-hybridized carbons (Fsp3) is 0.294. The molecule has 0 unspecified atom stereocenters. The van der Waals surface area contributed by atoms with Crippen molar-refractivity contribution < 1.29 is 9.47 Å². The number of halogens is 1. The number of hydrogen-bond donors (Lipinski definition) is 1. The van der Waals surface area contributed by atoms with Crippen LogP contribution in [-0.4, -0.2) is 27.6 Å². The van der Waals surface area contributed by atoms with Gasteiger partial charge in [-0.05, 0) is 47.3 Å². The highest BCUT2D eigenvalue weighted by Crippen LogP contribution is 2.35. The lowest BCUT2D eigenvalue weighted by Gasteiger charge is -2.27. The molecule has 0 radical (unpaired) electrons. The van der Waals surface area contributed by atoms with E-state index in [1.54, 1.807) is 13.3 Å². The van der Waals surface area contributed by atoms with Gasteiger partial charge in [0, 0.05) is 30.3 Å². The van der Waals surface area contributed by atoms with Crippen molar-refractivity contribution in [3.63, 3.8) is 0 Å². The van der Waals surface area contributed by atoms with Crippen LogP contribution in [0.25, 0.3) is 5.65 Å². The molecule has 7 heteroatoms. The number of hydrogen-bond acceptors (Lipinski definition) is 5. The zero-order valence-corrected chi connectivity index (χ0v) is 14.8. The zero-order valence-electron chi connectivity index (χ0n) is 13.2. The predicted molar refractivity (Wildman–Crippen MR) is 95.2 cm³/mol. The van der Waals surface area contributed by atoms with Gasteiger partial charge in [-0.2, -0.15) is 0 Å². The van der Waals surface area contributed by atoms with E-state index in [0.717, 1.165) is 34.5 Å². The molecule has 1 aliphatic rings. The highest BCUT2D eigenvalue weighted by Gasteiger charge is 2.21. The maximum absolute atomic E-state index is 5.96. The number of benzene rings is 1. The number of ether oxygens (including phenoxy) is 2. The van der Waals surface area contributed by atoms with Gasteiger partial charge in [-0.25, -0.2) is 9.97 Å². The number of nitrogens with one attached hydrogen (secondary N) is 1. The molecule has 0 bridgehead atoms. The first-order valence-corrected chi connectivity index (χ1v) is 8.63. The summed E-state index contributed by atoms with van der Waals surface area (Å²) in [6, 6.07) is 5.80. The third-order valence-electron chi connectivity index (χ3n) is 4.12. The highest BCUT2D eigenvalue weighted by atomic mass is 79.9. The van der Waals surface area contributed by atoms with E-state index in [1.165, 1.54) is 6.42 Å². The predicted octanol–water partition coefficient (Wildman–Crippen LogP) is 4.18. The lowest BCUT2D eigenvalue weighted by atomic mass is 9.96. The molecule has 2 aromatic heterocycles. The minimum absolute atomic E-state index is 0.314. The lowest BCUT2D eigenvalue weighted by molar-refractivity contribution is 0.116. The second-order valence-electron chi connectivity index (χ2n) is 5.73. The van der Waals surface area contributed by atoms with E-state index in [0.29, 0.717) is 17.7 Å². The van der Waals surface area contributed by atoms with Crippen molar-refractivity contribution in [1.29, 1.82) is 0 Å². The molecule has 1 aromatic carbocycles. The molecule has 1 aliphatic carbocycles. The van der Waals surface area contributed by atoms with Gasteiger partial charge in [0.25, 0.3) is 0 Å². The van der Waals surface area contributed by atoms with Gasteiger partial charge in [-0.15, -0.1) is 0 Å². The van der Waals surface area contributed by atoms with E-state index in [1.807, 2.05) is 35.0 Å². The van der Waals surface area contributed by atoms with E-state index in [4.69, 9.17) is 9.47 Å². The first-order chi connectivity index (χ1) is 11.7. The molecule has 0 atom stereocenters. The van der Waals surface area contributed by atoms with Crippen molar-refractivity contribution in [2.45, 2.75) is 25.4 Å². The van der Waals surface area contributed by atoms with Crippen molar-refractivity contribution in [1.82, 2.24) is 14.4 Å². The quantitative estimate of drug-likeness (QED) is 0.710. The maximum atomic E-state index is 5.96. The first kappa shape index (κ1) is 15.3. The molecular formula is C17H17BrN4O2. The Labute approximate surface area is 148 Å². The molecule has 6 nitrogen and oxygen atoms in total. The smallest absolute Gasteiger partial charge is 0.180 e. The normalized spacial score (nSPS) is 14.4. The molecule has 1 N–H and O–H groups in total. The minimum Gasteiger partial charge on any atom is -0.493 e. The number of imidazole rings is 1. The van der Waals surface area contributed by atoms with Crippen LogP contribution in [0.5, 0.6) is 11.5 Å². The lowest BCUT2D eigenvalue weighted by Crippen LogP contribution is -2.24. The van der Waals surface area contributed by atoms with Crippen LogP contribution in [0.4, 0.5) is 11.5 Å². The maximum Gasteiger partial charge on any atom is 0.180 e. The highest BCUT2D eigenvalue weighted by molar-refractivity contribution is 9.10. The number of anilines is 2. The Morgan fingerprint density at radius 1 is 1.29 bits per heavy atom. The van der Waals surface area contributed by atoms with Crippen molar-refractivity contribution >= 4 is 33.1 Å². The van der Waals surface area contributed by atoms with Crippen molar-refractivity contribution in [2.24, 2.45) is 0 Å². The number of rotatable bonds is 5. The van der Waals surface area contributed by atoms with Gasteiger partial charge in [0.05, 0.1) is 13.2 Å². The molecule has 2 heterocycles. The second kappa shape index (κ2) is 6.32. The molecule has 1 fully saturated rings.